The molecular weight excluding hydrogens is 240 g/mol. The summed E-state index contributed by atoms with van der Waals surface area (Å²) in [6.45, 7) is 4.28. The summed E-state index contributed by atoms with van der Waals surface area (Å²) < 4.78 is 0.884. The minimum Gasteiger partial charge on any atom is -0.328 e. The molecule has 1 heterocycles. The lowest BCUT2D eigenvalue weighted by Crippen LogP contribution is -2.24. The van der Waals surface area contributed by atoms with E-state index in [9.17, 15) is 0 Å². The van der Waals surface area contributed by atoms with Gasteiger partial charge in [0, 0.05) is 17.5 Å². The summed E-state index contributed by atoms with van der Waals surface area (Å²) >= 11 is 7.56. The molecule has 1 atom stereocenters. The van der Waals surface area contributed by atoms with Crippen LogP contribution in [0.4, 0.5) is 0 Å². The molecule has 0 aliphatic heterocycles. The van der Waals surface area contributed by atoms with E-state index in [1.54, 1.807) is 11.3 Å². The van der Waals surface area contributed by atoms with E-state index in [1.807, 2.05) is 6.07 Å². The van der Waals surface area contributed by atoms with Crippen molar-refractivity contribution in [1.82, 2.24) is 4.90 Å². The van der Waals surface area contributed by atoms with Crippen LogP contribution in [0, 0.1) is 0 Å². The van der Waals surface area contributed by atoms with Crippen LogP contribution in [0.1, 0.15) is 24.6 Å². The Balaban J connectivity index is 2.12. The molecule has 0 bridgehead atoms. The predicted molar refractivity (Wildman–Crippen MR) is 73.4 cm³/mol. The largest absolute Gasteiger partial charge is 0.328 e. The second-order valence-corrected chi connectivity index (χ2v) is 6.18. The number of hydrogen-bond acceptors (Lipinski definition) is 3. The van der Waals surface area contributed by atoms with Crippen LogP contribution in [-0.2, 0) is 6.42 Å². The topological polar surface area (TPSA) is 29.3 Å². The van der Waals surface area contributed by atoms with Gasteiger partial charge in [0.05, 0.1) is 4.34 Å². The van der Waals surface area contributed by atoms with Crippen LogP contribution in [0.25, 0.3) is 0 Å². The molecular formula is C12H21ClN2S. The maximum Gasteiger partial charge on any atom is 0.0931 e. The van der Waals surface area contributed by atoms with Gasteiger partial charge in [-0.05, 0) is 51.9 Å². The van der Waals surface area contributed by atoms with Gasteiger partial charge in [-0.1, -0.05) is 11.6 Å². The van der Waals surface area contributed by atoms with Gasteiger partial charge in [0.1, 0.15) is 0 Å². The van der Waals surface area contributed by atoms with Crippen molar-refractivity contribution >= 4 is 22.9 Å². The Morgan fingerprint density at radius 1 is 1.44 bits per heavy atom. The molecule has 1 unspecified atom stereocenters. The van der Waals surface area contributed by atoms with Gasteiger partial charge in [0.25, 0.3) is 0 Å². The number of likely N-dealkylation sites (N-methyl/N-ethyl adjacent to an activating group) is 1. The van der Waals surface area contributed by atoms with Crippen molar-refractivity contribution in [2.75, 3.05) is 20.1 Å². The molecule has 1 rings (SSSR count). The normalized spacial score (nSPS) is 13.3. The van der Waals surface area contributed by atoms with Crippen molar-refractivity contribution in [3.05, 3.63) is 21.3 Å². The molecule has 1 aromatic rings. The summed E-state index contributed by atoms with van der Waals surface area (Å²) in [5, 5.41) is 0. The third-order valence-electron chi connectivity index (χ3n) is 2.57. The van der Waals surface area contributed by atoms with Crippen LogP contribution >= 0.6 is 22.9 Å². The fourth-order valence-corrected chi connectivity index (χ4v) is 2.66. The van der Waals surface area contributed by atoms with Crippen molar-refractivity contribution in [3.8, 4) is 0 Å². The van der Waals surface area contributed by atoms with Gasteiger partial charge in [-0.25, -0.2) is 0 Å². The first kappa shape index (κ1) is 14.0. The van der Waals surface area contributed by atoms with Crippen LogP contribution in [0.15, 0.2) is 12.1 Å². The third-order valence-corrected chi connectivity index (χ3v) is 3.86. The number of hydrogen-bond donors (Lipinski definition) is 1. The Morgan fingerprint density at radius 3 is 2.75 bits per heavy atom. The standard InChI is InChI=1S/C12H21ClN2S/c1-10(14)4-3-8-15(2)9-7-11-5-6-12(13)16-11/h5-6,10H,3-4,7-9,14H2,1-2H3. The van der Waals surface area contributed by atoms with Crippen LogP contribution in [0.5, 0.6) is 0 Å². The molecule has 0 aliphatic carbocycles. The minimum atomic E-state index is 0.324. The lowest BCUT2D eigenvalue weighted by atomic mass is 10.2. The van der Waals surface area contributed by atoms with E-state index < -0.39 is 0 Å². The van der Waals surface area contributed by atoms with Crippen molar-refractivity contribution in [3.63, 3.8) is 0 Å². The van der Waals surface area contributed by atoms with Gasteiger partial charge in [-0.2, -0.15) is 0 Å². The highest BCUT2D eigenvalue weighted by Gasteiger charge is 2.02. The molecule has 0 aromatic carbocycles. The van der Waals surface area contributed by atoms with Crippen molar-refractivity contribution in [2.24, 2.45) is 5.73 Å². The molecule has 0 radical (unpaired) electrons. The number of thiophene rings is 1. The number of halogens is 1. The fourth-order valence-electron chi connectivity index (χ4n) is 1.58. The predicted octanol–water partition coefficient (Wildman–Crippen LogP) is 3.00. The molecule has 1 aromatic heterocycles. The Morgan fingerprint density at radius 2 is 2.19 bits per heavy atom. The van der Waals surface area contributed by atoms with Crippen LogP contribution in [-0.4, -0.2) is 31.1 Å². The first-order valence-electron chi connectivity index (χ1n) is 5.76. The summed E-state index contributed by atoms with van der Waals surface area (Å²) in [6, 6.07) is 4.41. The molecule has 0 aliphatic rings. The highest BCUT2D eigenvalue weighted by molar-refractivity contribution is 7.16. The lowest BCUT2D eigenvalue weighted by Gasteiger charge is -2.16. The molecule has 0 fully saturated rings. The first-order chi connectivity index (χ1) is 7.58. The SMILES string of the molecule is CC(N)CCCN(C)CCc1ccc(Cl)s1. The molecule has 92 valence electrons. The second-order valence-electron chi connectivity index (χ2n) is 4.38. The highest BCUT2D eigenvalue weighted by atomic mass is 35.5. The smallest absolute Gasteiger partial charge is 0.0931 e. The zero-order chi connectivity index (χ0) is 12.0. The Hall–Kier alpha value is -0.0900. The zero-order valence-corrected chi connectivity index (χ0v) is 11.7. The lowest BCUT2D eigenvalue weighted by molar-refractivity contribution is 0.327. The summed E-state index contributed by atoms with van der Waals surface area (Å²) in [5.74, 6) is 0. The average molecular weight is 261 g/mol. The van der Waals surface area contributed by atoms with Crippen molar-refractivity contribution < 1.29 is 0 Å². The molecule has 2 N–H and O–H groups in total. The summed E-state index contributed by atoms with van der Waals surface area (Å²) in [5.41, 5.74) is 5.71. The van der Waals surface area contributed by atoms with Crippen molar-refractivity contribution in [2.45, 2.75) is 32.2 Å². The quantitative estimate of drug-likeness (QED) is 0.817. The Labute approximate surface area is 107 Å². The van der Waals surface area contributed by atoms with Gasteiger partial charge in [0.15, 0.2) is 0 Å². The Kier molecular flexibility index (Phi) is 6.36. The molecule has 0 saturated heterocycles. The third kappa shape index (κ3) is 5.85. The van der Waals surface area contributed by atoms with E-state index in [2.05, 4.69) is 24.9 Å². The van der Waals surface area contributed by atoms with Gasteiger partial charge >= 0.3 is 0 Å². The number of rotatable bonds is 7. The van der Waals surface area contributed by atoms with Crippen LogP contribution in [0.3, 0.4) is 0 Å². The second kappa shape index (κ2) is 7.28. The van der Waals surface area contributed by atoms with E-state index in [4.69, 9.17) is 17.3 Å². The minimum absolute atomic E-state index is 0.324. The number of nitrogens with two attached hydrogens (primary N) is 1. The zero-order valence-electron chi connectivity index (χ0n) is 10.1. The molecule has 2 nitrogen and oxygen atoms in total. The molecule has 0 amide bonds. The fraction of sp³-hybridized carbons (Fsp3) is 0.667. The van der Waals surface area contributed by atoms with E-state index in [0.717, 1.165) is 30.3 Å². The van der Waals surface area contributed by atoms with Gasteiger partial charge in [0.2, 0.25) is 0 Å². The van der Waals surface area contributed by atoms with Crippen molar-refractivity contribution in [1.29, 1.82) is 0 Å². The highest BCUT2D eigenvalue weighted by Crippen LogP contribution is 2.21. The number of nitrogens with zero attached hydrogens (tertiary/aromatic N) is 1. The van der Waals surface area contributed by atoms with E-state index in [-0.39, 0.29) is 0 Å². The van der Waals surface area contributed by atoms with E-state index in [0.29, 0.717) is 6.04 Å². The average Bonchev–Trinajstić information content (AvgIpc) is 2.61. The first-order valence-corrected chi connectivity index (χ1v) is 6.95. The molecule has 0 spiro atoms. The van der Waals surface area contributed by atoms with E-state index in [1.165, 1.54) is 11.3 Å². The maximum absolute atomic E-state index is 5.89. The van der Waals surface area contributed by atoms with Gasteiger partial charge < -0.3 is 10.6 Å². The van der Waals surface area contributed by atoms with Crippen LogP contribution in [0.2, 0.25) is 4.34 Å². The van der Waals surface area contributed by atoms with Crippen LogP contribution < -0.4 is 5.73 Å². The monoisotopic (exact) mass is 260 g/mol. The molecule has 0 saturated carbocycles. The van der Waals surface area contributed by atoms with Gasteiger partial charge in [-0.3, -0.25) is 0 Å². The summed E-state index contributed by atoms with van der Waals surface area (Å²) in [6.07, 6.45) is 3.38. The summed E-state index contributed by atoms with van der Waals surface area (Å²) in [4.78, 5) is 3.72. The summed E-state index contributed by atoms with van der Waals surface area (Å²) in [7, 11) is 2.16. The van der Waals surface area contributed by atoms with Gasteiger partial charge in [-0.15, -0.1) is 11.3 Å². The molecule has 16 heavy (non-hydrogen) atoms. The molecule has 4 heteroatoms. The maximum atomic E-state index is 5.89. The Bertz CT molecular complexity index is 299. The van der Waals surface area contributed by atoms with E-state index >= 15 is 0 Å².